The van der Waals surface area contributed by atoms with E-state index in [1.54, 1.807) is 30.5 Å². The maximum atomic E-state index is 14.0. The van der Waals surface area contributed by atoms with Gasteiger partial charge < -0.3 is 15.5 Å². The molecule has 8 heteroatoms. The summed E-state index contributed by atoms with van der Waals surface area (Å²) >= 11 is 7.75. The number of guanidine groups is 1. The van der Waals surface area contributed by atoms with Crippen molar-refractivity contribution in [1.29, 1.82) is 0 Å². The van der Waals surface area contributed by atoms with Crippen LogP contribution in [0.5, 0.6) is 0 Å². The zero-order valence-electron chi connectivity index (χ0n) is 14.4. The summed E-state index contributed by atoms with van der Waals surface area (Å²) in [6.07, 6.45) is 0.836. The van der Waals surface area contributed by atoms with E-state index < -0.39 is 0 Å². The van der Waals surface area contributed by atoms with Gasteiger partial charge in [-0.15, -0.1) is 11.3 Å². The minimum absolute atomic E-state index is 0.0758. The molecule has 1 aromatic carbocycles. The van der Waals surface area contributed by atoms with Gasteiger partial charge in [-0.25, -0.2) is 9.37 Å². The van der Waals surface area contributed by atoms with Gasteiger partial charge >= 0.3 is 0 Å². The first-order valence-electron chi connectivity index (χ1n) is 8.02. The smallest absolute Gasteiger partial charge is 0.191 e. The van der Waals surface area contributed by atoms with Crippen molar-refractivity contribution in [2.24, 2.45) is 4.99 Å². The highest BCUT2D eigenvalue weighted by atomic mass is 35.5. The van der Waals surface area contributed by atoms with Crippen LogP contribution in [0, 0.1) is 5.82 Å². The lowest BCUT2D eigenvalue weighted by Gasteiger charge is -2.12. The number of nitrogens with one attached hydrogen (secondary N) is 2. The summed E-state index contributed by atoms with van der Waals surface area (Å²) in [5, 5.41) is 10.0. The Kier molecular flexibility index (Phi) is 5.44. The van der Waals surface area contributed by atoms with Crippen molar-refractivity contribution in [2.45, 2.75) is 24.9 Å². The molecule has 0 spiro atoms. The molecule has 2 N–H and O–H groups in total. The second-order valence-corrected chi connectivity index (χ2v) is 7.41. The van der Waals surface area contributed by atoms with Crippen LogP contribution in [0.3, 0.4) is 0 Å². The molecule has 2 atom stereocenters. The van der Waals surface area contributed by atoms with Crippen LogP contribution in [-0.4, -0.2) is 38.1 Å². The second kappa shape index (κ2) is 7.58. The first-order valence-corrected chi connectivity index (χ1v) is 9.28. The molecule has 2 unspecified atom stereocenters. The lowest BCUT2D eigenvalue weighted by molar-refractivity contribution is 0.608. The molecule has 1 saturated carbocycles. The molecular formula is C17H21ClFN5S. The second-order valence-electron chi connectivity index (χ2n) is 6.17. The van der Waals surface area contributed by atoms with E-state index in [0.717, 1.165) is 17.2 Å². The summed E-state index contributed by atoms with van der Waals surface area (Å²) in [5.41, 5.74) is 1.55. The molecule has 2 aromatic rings. The van der Waals surface area contributed by atoms with Crippen LogP contribution < -0.4 is 15.5 Å². The number of anilines is 1. The third kappa shape index (κ3) is 4.22. The predicted molar refractivity (Wildman–Crippen MR) is 102 cm³/mol. The number of aromatic nitrogens is 1. The Balaban J connectivity index is 1.55. The van der Waals surface area contributed by atoms with Crippen LogP contribution in [0.25, 0.3) is 0 Å². The van der Waals surface area contributed by atoms with Gasteiger partial charge in [0.2, 0.25) is 0 Å². The minimum Gasteiger partial charge on any atom is -0.354 e. The maximum absolute atomic E-state index is 14.0. The number of nitrogens with zero attached hydrogens (tertiary/aromatic N) is 3. The summed E-state index contributed by atoms with van der Waals surface area (Å²) in [6, 6.07) is 4.94. The monoisotopic (exact) mass is 381 g/mol. The fraction of sp³-hybridized carbons (Fsp3) is 0.412. The topological polar surface area (TPSA) is 52.6 Å². The van der Waals surface area contributed by atoms with Crippen LogP contribution in [0.1, 0.15) is 23.6 Å². The van der Waals surface area contributed by atoms with E-state index in [-0.39, 0.29) is 17.8 Å². The fourth-order valence-electron chi connectivity index (χ4n) is 2.67. The highest BCUT2D eigenvalue weighted by Crippen LogP contribution is 2.44. The zero-order valence-corrected chi connectivity index (χ0v) is 16.0. The van der Waals surface area contributed by atoms with E-state index in [1.165, 1.54) is 6.07 Å². The zero-order chi connectivity index (χ0) is 18.0. The van der Waals surface area contributed by atoms with Gasteiger partial charge in [0.25, 0.3) is 0 Å². The Morgan fingerprint density at radius 3 is 2.92 bits per heavy atom. The van der Waals surface area contributed by atoms with Gasteiger partial charge in [0.05, 0.1) is 12.2 Å². The van der Waals surface area contributed by atoms with Gasteiger partial charge in [0.1, 0.15) is 5.82 Å². The Morgan fingerprint density at radius 1 is 1.48 bits per heavy atom. The molecule has 3 rings (SSSR count). The standard InChI is InChI=1S/C17H21ClFN5S/c1-20-16(21-8-10-9-25-17(22-10)24(2)3)23-14-7-11(14)15-12(18)5-4-6-13(15)19/h4-6,9,11,14H,7-8H2,1-3H3,(H2,20,21,23). The van der Waals surface area contributed by atoms with E-state index in [2.05, 4.69) is 20.6 Å². The molecule has 1 aliphatic carbocycles. The SMILES string of the molecule is CN=C(NCc1csc(N(C)C)n1)NC1CC1c1c(F)cccc1Cl. The fourth-order valence-corrected chi connectivity index (χ4v) is 3.73. The molecule has 1 aliphatic rings. The summed E-state index contributed by atoms with van der Waals surface area (Å²) in [5.74, 6) is 0.509. The molecule has 0 aliphatic heterocycles. The van der Waals surface area contributed by atoms with Crippen molar-refractivity contribution in [3.05, 3.63) is 45.7 Å². The maximum Gasteiger partial charge on any atom is 0.191 e. The summed E-state index contributed by atoms with van der Waals surface area (Å²) < 4.78 is 14.0. The Bertz CT molecular complexity index is 756. The van der Waals surface area contributed by atoms with Crippen molar-refractivity contribution < 1.29 is 4.39 Å². The van der Waals surface area contributed by atoms with E-state index in [0.29, 0.717) is 23.1 Å². The number of halogens is 2. The summed E-state index contributed by atoms with van der Waals surface area (Å²) in [7, 11) is 5.66. The van der Waals surface area contributed by atoms with E-state index in [1.807, 2.05) is 24.4 Å². The predicted octanol–water partition coefficient (Wildman–Crippen LogP) is 3.22. The molecule has 25 heavy (non-hydrogen) atoms. The van der Waals surface area contributed by atoms with Crippen LogP contribution in [0.4, 0.5) is 9.52 Å². The lowest BCUT2D eigenvalue weighted by atomic mass is 10.1. The number of hydrogen-bond donors (Lipinski definition) is 2. The Hall–Kier alpha value is -1.86. The molecule has 0 radical (unpaired) electrons. The van der Waals surface area contributed by atoms with Gasteiger partial charge in [-0.3, -0.25) is 4.99 Å². The summed E-state index contributed by atoms with van der Waals surface area (Å²) in [4.78, 5) is 10.7. The Labute approximate surface area is 155 Å². The molecular weight excluding hydrogens is 361 g/mol. The first-order chi connectivity index (χ1) is 12.0. The number of benzene rings is 1. The number of thiazole rings is 1. The van der Waals surface area contributed by atoms with E-state index in [4.69, 9.17) is 11.6 Å². The minimum atomic E-state index is -0.247. The normalized spacial score (nSPS) is 19.6. The third-order valence-electron chi connectivity index (χ3n) is 4.07. The van der Waals surface area contributed by atoms with Gasteiger partial charge in [-0.2, -0.15) is 0 Å². The van der Waals surface area contributed by atoms with Crippen molar-refractivity contribution >= 4 is 34.0 Å². The molecule has 0 amide bonds. The van der Waals surface area contributed by atoms with Crippen LogP contribution in [0.2, 0.25) is 5.02 Å². The quantitative estimate of drug-likeness (QED) is 0.616. The van der Waals surface area contributed by atoms with Gasteiger partial charge in [-0.05, 0) is 18.6 Å². The third-order valence-corrected chi connectivity index (χ3v) is 5.45. The van der Waals surface area contributed by atoms with Gasteiger partial charge in [-0.1, -0.05) is 17.7 Å². The average Bonchev–Trinajstić information content (AvgIpc) is 3.14. The van der Waals surface area contributed by atoms with Gasteiger partial charge in [0.15, 0.2) is 11.1 Å². The van der Waals surface area contributed by atoms with Crippen LogP contribution in [0.15, 0.2) is 28.6 Å². The molecule has 5 nitrogen and oxygen atoms in total. The summed E-state index contributed by atoms with van der Waals surface area (Å²) in [6.45, 7) is 0.585. The van der Waals surface area contributed by atoms with Gasteiger partial charge in [0, 0.05) is 49.1 Å². The molecule has 1 fully saturated rings. The number of aliphatic imine (C=N–C) groups is 1. The van der Waals surface area contributed by atoms with E-state index >= 15 is 0 Å². The molecule has 0 bridgehead atoms. The molecule has 0 saturated heterocycles. The van der Waals surface area contributed by atoms with E-state index in [9.17, 15) is 4.39 Å². The highest BCUT2D eigenvalue weighted by molar-refractivity contribution is 7.13. The highest BCUT2D eigenvalue weighted by Gasteiger charge is 2.41. The number of hydrogen-bond acceptors (Lipinski definition) is 4. The average molecular weight is 382 g/mol. The van der Waals surface area contributed by atoms with Crippen LogP contribution >= 0.6 is 22.9 Å². The number of rotatable bonds is 5. The van der Waals surface area contributed by atoms with Crippen LogP contribution in [-0.2, 0) is 6.54 Å². The van der Waals surface area contributed by atoms with Crippen molar-refractivity contribution in [1.82, 2.24) is 15.6 Å². The molecule has 134 valence electrons. The van der Waals surface area contributed by atoms with Crippen molar-refractivity contribution in [3.8, 4) is 0 Å². The Morgan fingerprint density at radius 2 is 2.28 bits per heavy atom. The lowest BCUT2D eigenvalue weighted by Crippen LogP contribution is -2.38. The van der Waals surface area contributed by atoms with Crippen molar-refractivity contribution in [2.75, 3.05) is 26.0 Å². The largest absolute Gasteiger partial charge is 0.354 e. The van der Waals surface area contributed by atoms with Crippen molar-refractivity contribution in [3.63, 3.8) is 0 Å². The first kappa shape index (κ1) is 17.9. The molecule has 1 heterocycles. The molecule has 1 aromatic heterocycles.